The minimum Gasteiger partial charge on any atom is -0.454 e. The molecule has 0 radical (unpaired) electrons. The number of esters is 1. The van der Waals surface area contributed by atoms with E-state index in [9.17, 15) is 4.79 Å². The Bertz CT molecular complexity index is 438. The second kappa shape index (κ2) is 7.60. The van der Waals surface area contributed by atoms with E-state index in [0.29, 0.717) is 0 Å². The van der Waals surface area contributed by atoms with E-state index in [2.05, 4.69) is 31.3 Å². The first-order chi connectivity index (χ1) is 10.2. The van der Waals surface area contributed by atoms with Gasteiger partial charge in [0.15, 0.2) is 0 Å². The number of carbonyl (C=O) groups is 1. The molecule has 1 aromatic carbocycles. The van der Waals surface area contributed by atoms with Crippen LogP contribution in [0.4, 0.5) is 0 Å². The number of hydrogen-bond acceptors (Lipinski definition) is 3. The third kappa shape index (κ3) is 3.85. The molecule has 0 aliphatic carbocycles. The van der Waals surface area contributed by atoms with E-state index < -0.39 is 5.60 Å². The van der Waals surface area contributed by atoms with E-state index >= 15 is 0 Å². The van der Waals surface area contributed by atoms with Crippen LogP contribution in [0.15, 0.2) is 30.3 Å². The van der Waals surface area contributed by atoms with Crippen molar-refractivity contribution >= 4 is 5.97 Å². The van der Waals surface area contributed by atoms with Crippen molar-refractivity contribution < 1.29 is 9.53 Å². The Morgan fingerprint density at radius 3 is 2.48 bits per heavy atom. The number of piperidine rings is 1. The second-order valence-corrected chi connectivity index (χ2v) is 5.93. The van der Waals surface area contributed by atoms with E-state index in [-0.39, 0.29) is 11.9 Å². The zero-order valence-electron chi connectivity index (χ0n) is 13.2. The fourth-order valence-corrected chi connectivity index (χ4v) is 3.14. The van der Waals surface area contributed by atoms with Gasteiger partial charge < -0.3 is 10.1 Å². The average molecular weight is 289 g/mol. The molecule has 1 atom stereocenters. The highest BCUT2D eigenvalue weighted by Crippen LogP contribution is 2.36. The number of nitrogens with one attached hydrogen (secondary N) is 1. The number of hydrogen-bond donors (Lipinski definition) is 1. The Balaban J connectivity index is 2.19. The Hall–Kier alpha value is -1.35. The van der Waals surface area contributed by atoms with Gasteiger partial charge in [-0.15, -0.1) is 0 Å². The maximum atomic E-state index is 12.6. The predicted octanol–water partition coefficient (Wildman–Crippen LogP) is 3.63. The van der Waals surface area contributed by atoms with Gasteiger partial charge in [0.05, 0.1) is 5.92 Å². The molecule has 1 aromatic rings. The lowest BCUT2D eigenvalue weighted by Gasteiger charge is -2.38. The Kier molecular flexibility index (Phi) is 5.80. The average Bonchev–Trinajstić information content (AvgIpc) is 2.54. The van der Waals surface area contributed by atoms with Crippen molar-refractivity contribution in [1.82, 2.24) is 5.32 Å². The number of benzene rings is 1. The SMILES string of the molecule is CCCC(CC)C(=O)OC1(c2ccccc2)CCNCC1. The van der Waals surface area contributed by atoms with Gasteiger partial charge in [0.25, 0.3) is 0 Å². The van der Waals surface area contributed by atoms with Gasteiger partial charge >= 0.3 is 5.97 Å². The Morgan fingerprint density at radius 2 is 1.90 bits per heavy atom. The summed E-state index contributed by atoms with van der Waals surface area (Å²) in [6.45, 7) is 5.98. The summed E-state index contributed by atoms with van der Waals surface area (Å²) < 4.78 is 6.09. The van der Waals surface area contributed by atoms with Crippen LogP contribution in [-0.4, -0.2) is 19.1 Å². The van der Waals surface area contributed by atoms with Crippen molar-refractivity contribution in [3.63, 3.8) is 0 Å². The molecule has 1 fully saturated rings. The monoisotopic (exact) mass is 289 g/mol. The lowest BCUT2D eigenvalue weighted by Crippen LogP contribution is -2.44. The van der Waals surface area contributed by atoms with Crippen LogP contribution in [-0.2, 0) is 15.1 Å². The van der Waals surface area contributed by atoms with Crippen LogP contribution >= 0.6 is 0 Å². The molecule has 0 saturated carbocycles. The molecule has 1 N–H and O–H groups in total. The molecule has 1 aliphatic rings. The first-order valence-electron chi connectivity index (χ1n) is 8.21. The molecule has 0 spiro atoms. The Morgan fingerprint density at radius 1 is 1.24 bits per heavy atom. The van der Waals surface area contributed by atoms with Crippen molar-refractivity contribution in [2.24, 2.45) is 5.92 Å². The predicted molar refractivity (Wildman–Crippen MR) is 85.0 cm³/mol. The molecular weight excluding hydrogens is 262 g/mol. The van der Waals surface area contributed by atoms with Crippen LogP contribution in [0.25, 0.3) is 0 Å². The van der Waals surface area contributed by atoms with Gasteiger partial charge in [-0.25, -0.2) is 0 Å². The van der Waals surface area contributed by atoms with E-state index in [1.54, 1.807) is 0 Å². The summed E-state index contributed by atoms with van der Waals surface area (Å²) in [4.78, 5) is 12.6. The first kappa shape index (κ1) is 16.0. The molecule has 1 aliphatic heterocycles. The molecule has 2 rings (SSSR count). The zero-order valence-corrected chi connectivity index (χ0v) is 13.2. The maximum Gasteiger partial charge on any atom is 0.309 e. The normalized spacial score (nSPS) is 19.0. The fraction of sp³-hybridized carbons (Fsp3) is 0.611. The summed E-state index contributed by atoms with van der Waals surface area (Å²) in [5, 5.41) is 3.36. The summed E-state index contributed by atoms with van der Waals surface area (Å²) in [6.07, 6.45) is 4.50. The summed E-state index contributed by atoms with van der Waals surface area (Å²) in [5.41, 5.74) is 0.691. The molecule has 0 aromatic heterocycles. The second-order valence-electron chi connectivity index (χ2n) is 5.93. The molecule has 1 heterocycles. The lowest BCUT2D eigenvalue weighted by atomic mass is 9.84. The molecule has 3 nitrogen and oxygen atoms in total. The van der Waals surface area contributed by atoms with Crippen LogP contribution in [0.1, 0.15) is 51.5 Å². The third-order valence-electron chi connectivity index (χ3n) is 4.47. The molecule has 1 saturated heterocycles. The number of carbonyl (C=O) groups excluding carboxylic acids is 1. The third-order valence-corrected chi connectivity index (χ3v) is 4.47. The highest BCUT2D eigenvalue weighted by molar-refractivity contribution is 5.73. The van der Waals surface area contributed by atoms with Gasteiger partial charge in [-0.3, -0.25) is 4.79 Å². The molecule has 0 amide bonds. The summed E-state index contributed by atoms with van der Waals surface area (Å²) >= 11 is 0. The fourth-order valence-electron chi connectivity index (χ4n) is 3.14. The number of ether oxygens (including phenoxy) is 1. The molecule has 116 valence electrons. The highest BCUT2D eigenvalue weighted by Gasteiger charge is 2.38. The summed E-state index contributed by atoms with van der Waals surface area (Å²) in [7, 11) is 0. The van der Waals surface area contributed by atoms with Gasteiger partial charge in [0.1, 0.15) is 5.60 Å². The van der Waals surface area contributed by atoms with Crippen molar-refractivity contribution in [2.45, 2.75) is 51.6 Å². The number of rotatable bonds is 6. The van der Waals surface area contributed by atoms with E-state index in [1.165, 1.54) is 0 Å². The smallest absolute Gasteiger partial charge is 0.309 e. The quantitative estimate of drug-likeness (QED) is 0.813. The van der Waals surface area contributed by atoms with E-state index in [4.69, 9.17) is 4.74 Å². The van der Waals surface area contributed by atoms with E-state index in [1.807, 2.05) is 18.2 Å². The lowest BCUT2D eigenvalue weighted by molar-refractivity contribution is -0.170. The highest BCUT2D eigenvalue weighted by atomic mass is 16.6. The maximum absolute atomic E-state index is 12.6. The van der Waals surface area contributed by atoms with Crippen LogP contribution in [0.3, 0.4) is 0 Å². The first-order valence-corrected chi connectivity index (χ1v) is 8.21. The largest absolute Gasteiger partial charge is 0.454 e. The van der Waals surface area contributed by atoms with Crippen LogP contribution in [0, 0.1) is 5.92 Å². The van der Waals surface area contributed by atoms with Gasteiger partial charge in [0, 0.05) is 12.8 Å². The minimum absolute atomic E-state index is 0.0231. The van der Waals surface area contributed by atoms with E-state index in [0.717, 1.165) is 50.8 Å². The Labute approximate surface area is 128 Å². The molecule has 1 unspecified atom stereocenters. The van der Waals surface area contributed by atoms with Gasteiger partial charge in [0.2, 0.25) is 0 Å². The summed E-state index contributed by atoms with van der Waals surface area (Å²) in [6, 6.07) is 10.2. The van der Waals surface area contributed by atoms with Crippen molar-refractivity contribution in [3.05, 3.63) is 35.9 Å². The van der Waals surface area contributed by atoms with Crippen LogP contribution in [0.5, 0.6) is 0 Å². The molecule has 3 heteroatoms. The standard InChI is InChI=1S/C18H27NO2/c1-3-8-15(4-2)17(20)21-18(11-13-19-14-12-18)16-9-6-5-7-10-16/h5-7,9-10,15,19H,3-4,8,11-14H2,1-2H3. The van der Waals surface area contributed by atoms with Crippen LogP contribution < -0.4 is 5.32 Å². The van der Waals surface area contributed by atoms with Crippen molar-refractivity contribution in [1.29, 1.82) is 0 Å². The topological polar surface area (TPSA) is 38.3 Å². The van der Waals surface area contributed by atoms with Crippen molar-refractivity contribution in [2.75, 3.05) is 13.1 Å². The molecular formula is C18H27NO2. The molecule has 0 bridgehead atoms. The molecule has 21 heavy (non-hydrogen) atoms. The summed E-state index contributed by atoms with van der Waals surface area (Å²) in [5.74, 6) is 0.00979. The van der Waals surface area contributed by atoms with Gasteiger partial charge in [-0.05, 0) is 31.5 Å². The minimum atomic E-state index is -0.440. The van der Waals surface area contributed by atoms with Crippen LogP contribution in [0.2, 0.25) is 0 Å². The van der Waals surface area contributed by atoms with Crippen molar-refractivity contribution in [3.8, 4) is 0 Å². The van der Waals surface area contributed by atoms with Gasteiger partial charge in [-0.1, -0.05) is 50.6 Å². The van der Waals surface area contributed by atoms with Gasteiger partial charge in [-0.2, -0.15) is 0 Å². The zero-order chi connectivity index (χ0) is 15.1.